The predicted octanol–water partition coefficient (Wildman–Crippen LogP) is 2.94. The maximum Gasteiger partial charge on any atom is 0.231 e. The van der Waals surface area contributed by atoms with Crippen molar-refractivity contribution in [1.29, 1.82) is 0 Å². The van der Waals surface area contributed by atoms with Gasteiger partial charge in [0.1, 0.15) is 0 Å². The summed E-state index contributed by atoms with van der Waals surface area (Å²) < 4.78 is 5.47. The Bertz CT molecular complexity index is 526. The average Bonchev–Trinajstić information content (AvgIpc) is 2.95. The third-order valence-electron chi connectivity index (χ3n) is 3.65. The van der Waals surface area contributed by atoms with E-state index in [9.17, 15) is 0 Å². The van der Waals surface area contributed by atoms with E-state index in [1.165, 1.54) is 0 Å². The molecule has 2 unspecified atom stereocenters. The van der Waals surface area contributed by atoms with Crippen LogP contribution < -0.4 is 5.32 Å². The molecule has 0 bridgehead atoms. The molecule has 2 aromatic heterocycles. The van der Waals surface area contributed by atoms with Crippen LogP contribution in [0.25, 0.3) is 0 Å². The summed E-state index contributed by atoms with van der Waals surface area (Å²) in [5.74, 6) is 1.71. The van der Waals surface area contributed by atoms with E-state index in [-0.39, 0.29) is 5.92 Å². The van der Waals surface area contributed by atoms with Gasteiger partial charge in [-0.3, -0.25) is 4.98 Å². The van der Waals surface area contributed by atoms with Crippen LogP contribution in [0.2, 0.25) is 0 Å². The molecule has 2 atom stereocenters. The molecule has 21 heavy (non-hydrogen) atoms. The van der Waals surface area contributed by atoms with Crippen LogP contribution in [0.1, 0.15) is 56.8 Å². The van der Waals surface area contributed by atoms with Crippen molar-refractivity contribution < 1.29 is 4.52 Å². The van der Waals surface area contributed by atoms with Gasteiger partial charge in [0.2, 0.25) is 5.89 Å². The molecule has 1 N–H and O–H groups in total. The second-order valence-electron chi connectivity index (χ2n) is 5.34. The van der Waals surface area contributed by atoms with E-state index in [1.807, 2.05) is 18.3 Å². The quantitative estimate of drug-likeness (QED) is 0.809. The summed E-state index contributed by atoms with van der Waals surface area (Å²) >= 11 is 0. The molecule has 0 aromatic carbocycles. The Morgan fingerprint density at radius 2 is 2.19 bits per heavy atom. The van der Waals surface area contributed by atoms with Gasteiger partial charge in [-0.25, -0.2) is 0 Å². The van der Waals surface area contributed by atoms with Crippen LogP contribution in [0.4, 0.5) is 0 Å². The molecule has 2 rings (SSSR count). The van der Waals surface area contributed by atoms with Crippen molar-refractivity contribution in [1.82, 2.24) is 20.4 Å². The maximum atomic E-state index is 5.47. The van der Waals surface area contributed by atoms with Gasteiger partial charge in [-0.2, -0.15) is 4.98 Å². The topological polar surface area (TPSA) is 63.8 Å². The number of nitrogens with one attached hydrogen (secondary N) is 1. The van der Waals surface area contributed by atoms with Gasteiger partial charge < -0.3 is 9.84 Å². The van der Waals surface area contributed by atoms with Crippen LogP contribution in [0.5, 0.6) is 0 Å². The highest BCUT2D eigenvalue weighted by molar-refractivity contribution is 5.14. The Morgan fingerprint density at radius 1 is 1.33 bits per heavy atom. The summed E-state index contributed by atoms with van der Waals surface area (Å²) in [5, 5.41) is 7.60. The van der Waals surface area contributed by atoms with Crippen LogP contribution in [-0.4, -0.2) is 27.7 Å². The molecule has 0 amide bonds. The van der Waals surface area contributed by atoms with Crippen LogP contribution in [0.3, 0.4) is 0 Å². The summed E-state index contributed by atoms with van der Waals surface area (Å²) in [5.41, 5.74) is 1.09. The standard InChI is InChI=1S/C16H24N4O/c1-4-8-18-12(3)14(5-2)16-19-15(20-21-16)10-13-7-6-9-17-11-13/h6-7,9,11-12,14,18H,4-5,8,10H2,1-3H3. The number of rotatable bonds is 8. The number of hydrogen-bond donors (Lipinski definition) is 1. The van der Waals surface area contributed by atoms with Gasteiger partial charge in [0.15, 0.2) is 5.82 Å². The fourth-order valence-corrected chi connectivity index (χ4v) is 2.43. The lowest BCUT2D eigenvalue weighted by atomic mass is 9.98. The number of nitrogens with zero attached hydrogens (tertiary/aromatic N) is 3. The van der Waals surface area contributed by atoms with E-state index in [1.54, 1.807) is 6.20 Å². The van der Waals surface area contributed by atoms with Crippen LogP contribution >= 0.6 is 0 Å². The molecule has 2 heterocycles. The van der Waals surface area contributed by atoms with Gasteiger partial charge >= 0.3 is 0 Å². The average molecular weight is 288 g/mol. The van der Waals surface area contributed by atoms with E-state index in [2.05, 4.69) is 41.2 Å². The van der Waals surface area contributed by atoms with Crippen LogP contribution in [0.15, 0.2) is 29.0 Å². The van der Waals surface area contributed by atoms with Crippen molar-refractivity contribution in [3.05, 3.63) is 41.8 Å². The van der Waals surface area contributed by atoms with Gasteiger partial charge in [0.05, 0.1) is 5.92 Å². The van der Waals surface area contributed by atoms with Crippen molar-refractivity contribution >= 4 is 0 Å². The third kappa shape index (κ3) is 4.36. The lowest BCUT2D eigenvalue weighted by Crippen LogP contribution is -2.32. The molecular formula is C16H24N4O. The van der Waals surface area contributed by atoms with E-state index in [4.69, 9.17) is 4.52 Å². The molecule has 0 aliphatic carbocycles. The van der Waals surface area contributed by atoms with Crippen LogP contribution in [0, 0.1) is 0 Å². The molecule has 5 nitrogen and oxygen atoms in total. The van der Waals surface area contributed by atoms with E-state index < -0.39 is 0 Å². The zero-order chi connectivity index (χ0) is 15.1. The lowest BCUT2D eigenvalue weighted by molar-refractivity contribution is 0.314. The van der Waals surface area contributed by atoms with Crippen molar-refractivity contribution in [2.24, 2.45) is 0 Å². The summed E-state index contributed by atoms with van der Waals surface area (Å²) in [7, 11) is 0. The summed E-state index contributed by atoms with van der Waals surface area (Å²) in [6.07, 6.45) is 6.35. The Labute approximate surface area is 126 Å². The minimum Gasteiger partial charge on any atom is -0.339 e. The van der Waals surface area contributed by atoms with Gasteiger partial charge in [-0.05, 0) is 37.9 Å². The smallest absolute Gasteiger partial charge is 0.231 e. The van der Waals surface area contributed by atoms with Gasteiger partial charge in [0, 0.05) is 24.9 Å². The Hall–Kier alpha value is -1.75. The Kier molecular flexibility index (Phi) is 5.87. The molecule has 0 aliphatic rings. The highest BCUT2D eigenvalue weighted by Crippen LogP contribution is 2.22. The summed E-state index contributed by atoms with van der Waals surface area (Å²) in [6.45, 7) is 7.50. The normalized spacial score (nSPS) is 14.0. The minimum atomic E-state index is 0.256. The first-order valence-electron chi connectivity index (χ1n) is 7.69. The fourth-order valence-electron chi connectivity index (χ4n) is 2.43. The van der Waals surface area contributed by atoms with Crippen LogP contribution in [-0.2, 0) is 6.42 Å². The molecule has 114 valence electrons. The molecule has 5 heteroatoms. The minimum absolute atomic E-state index is 0.256. The highest BCUT2D eigenvalue weighted by Gasteiger charge is 2.23. The Morgan fingerprint density at radius 3 is 2.86 bits per heavy atom. The van der Waals surface area contributed by atoms with Gasteiger partial charge in [0.25, 0.3) is 0 Å². The summed E-state index contributed by atoms with van der Waals surface area (Å²) in [6, 6.07) is 4.27. The largest absolute Gasteiger partial charge is 0.339 e. The SMILES string of the molecule is CCCNC(C)C(CC)c1nc(Cc2cccnc2)no1. The molecule has 0 saturated heterocycles. The summed E-state index contributed by atoms with van der Waals surface area (Å²) in [4.78, 5) is 8.67. The number of hydrogen-bond acceptors (Lipinski definition) is 5. The molecule has 2 aromatic rings. The predicted molar refractivity (Wildman–Crippen MR) is 82.1 cm³/mol. The fraction of sp³-hybridized carbons (Fsp3) is 0.562. The van der Waals surface area contributed by atoms with Crippen molar-refractivity contribution in [3.8, 4) is 0 Å². The van der Waals surface area contributed by atoms with Gasteiger partial charge in [-0.15, -0.1) is 0 Å². The number of aromatic nitrogens is 3. The molecule has 0 spiro atoms. The van der Waals surface area contributed by atoms with Crippen molar-refractivity contribution in [2.45, 2.75) is 52.0 Å². The molecule has 0 fully saturated rings. The van der Waals surface area contributed by atoms with E-state index in [0.717, 1.165) is 36.7 Å². The highest BCUT2D eigenvalue weighted by atomic mass is 16.5. The lowest BCUT2D eigenvalue weighted by Gasteiger charge is -2.20. The zero-order valence-electron chi connectivity index (χ0n) is 13.0. The molecule has 0 saturated carbocycles. The molecular weight excluding hydrogens is 264 g/mol. The van der Waals surface area contributed by atoms with Crippen molar-refractivity contribution in [2.75, 3.05) is 6.54 Å². The zero-order valence-corrected chi connectivity index (χ0v) is 13.0. The molecule has 0 radical (unpaired) electrons. The monoisotopic (exact) mass is 288 g/mol. The molecule has 0 aliphatic heterocycles. The van der Waals surface area contributed by atoms with E-state index in [0.29, 0.717) is 12.5 Å². The first kappa shape index (κ1) is 15.6. The van der Waals surface area contributed by atoms with Gasteiger partial charge in [-0.1, -0.05) is 25.1 Å². The first-order chi connectivity index (χ1) is 10.2. The first-order valence-corrected chi connectivity index (χ1v) is 7.69. The van der Waals surface area contributed by atoms with E-state index >= 15 is 0 Å². The second-order valence-corrected chi connectivity index (χ2v) is 5.34. The maximum absolute atomic E-state index is 5.47. The third-order valence-corrected chi connectivity index (χ3v) is 3.65. The number of pyridine rings is 1. The second kappa shape index (κ2) is 7.88. The van der Waals surface area contributed by atoms with Crippen molar-refractivity contribution in [3.63, 3.8) is 0 Å². The Balaban J connectivity index is 2.03.